The number of guanidine groups is 1. The summed E-state index contributed by atoms with van der Waals surface area (Å²) in [6.07, 6.45) is -2.83. The number of ether oxygens (including phenoxy) is 3. The van der Waals surface area contributed by atoms with E-state index in [0.717, 1.165) is 25.5 Å². The summed E-state index contributed by atoms with van der Waals surface area (Å²) < 4.78 is 56.6. The van der Waals surface area contributed by atoms with E-state index in [-0.39, 0.29) is 54.0 Å². The second kappa shape index (κ2) is 13.2. The van der Waals surface area contributed by atoms with Crippen LogP contribution in [0.3, 0.4) is 0 Å². The molecule has 1 aliphatic rings. The highest BCUT2D eigenvalue weighted by Gasteiger charge is 2.33. The van der Waals surface area contributed by atoms with Crippen molar-refractivity contribution in [2.24, 2.45) is 4.99 Å². The first-order chi connectivity index (χ1) is 13.8. The lowest BCUT2D eigenvalue weighted by atomic mass is 10.1. The van der Waals surface area contributed by atoms with Crippen molar-refractivity contribution in [2.75, 3.05) is 33.4 Å². The molecule has 0 aromatic heterocycles. The van der Waals surface area contributed by atoms with Gasteiger partial charge in [0.05, 0.1) is 24.4 Å². The van der Waals surface area contributed by atoms with E-state index in [1.54, 1.807) is 27.0 Å². The Labute approximate surface area is 193 Å². The molecule has 1 aliphatic heterocycles. The lowest BCUT2D eigenvalue weighted by molar-refractivity contribution is -0.138. The van der Waals surface area contributed by atoms with Gasteiger partial charge >= 0.3 is 6.18 Å². The molecule has 0 bridgehead atoms. The Kier molecular flexibility index (Phi) is 11.8. The van der Waals surface area contributed by atoms with E-state index in [2.05, 4.69) is 15.6 Å². The molecule has 6 nitrogen and oxygen atoms in total. The lowest BCUT2D eigenvalue weighted by Crippen LogP contribution is -2.38. The number of alkyl halides is 3. The molecule has 1 heterocycles. The molecule has 0 saturated carbocycles. The molecule has 10 heteroatoms. The predicted molar refractivity (Wildman–Crippen MR) is 121 cm³/mol. The lowest BCUT2D eigenvalue weighted by Gasteiger charge is -2.18. The molecule has 2 N–H and O–H groups in total. The van der Waals surface area contributed by atoms with Crippen LogP contribution in [0.25, 0.3) is 0 Å². The summed E-state index contributed by atoms with van der Waals surface area (Å²) >= 11 is 0. The zero-order valence-electron chi connectivity index (χ0n) is 17.6. The SMILES string of the molecule is CN=C(NCCCOC1CCOC1)NCc1ccc(OC(C)C)cc1C(F)(F)F.I. The van der Waals surface area contributed by atoms with Gasteiger partial charge < -0.3 is 24.8 Å². The van der Waals surface area contributed by atoms with Gasteiger partial charge in [0, 0.05) is 33.4 Å². The van der Waals surface area contributed by atoms with Crippen molar-refractivity contribution >= 4 is 29.9 Å². The average molecular weight is 545 g/mol. The zero-order valence-corrected chi connectivity index (χ0v) is 19.9. The van der Waals surface area contributed by atoms with Crippen LogP contribution in [0, 0.1) is 0 Å². The summed E-state index contributed by atoms with van der Waals surface area (Å²) in [5, 5.41) is 6.01. The third-order valence-electron chi connectivity index (χ3n) is 4.28. The molecule has 1 fully saturated rings. The van der Waals surface area contributed by atoms with E-state index >= 15 is 0 Å². The molecule has 1 atom stereocenters. The van der Waals surface area contributed by atoms with Gasteiger partial charge in [-0.2, -0.15) is 13.2 Å². The predicted octanol–water partition coefficient (Wildman–Crippen LogP) is 3.97. The Morgan fingerprint density at radius 3 is 2.67 bits per heavy atom. The number of hydrogen-bond donors (Lipinski definition) is 2. The van der Waals surface area contributed by atoms with Crippen molar-refractivity contribution in [1.29, 1.82) is 0 Å². The molecule has 1 aromatic carbocycles. The van der Waals surface area contributed by atoms with E-state index in [9.17, 15) is 13.2 Å². The summed E-state index contributed by atoms with van der Waals surface area (Å²) in [6, 6.07) is 4.02. The third kappa shape index (κ3) is 9.25. The average Bonchev–Trinajstić information content (AvgIpc) is 3.17. The van der Waals surface area contributed by atoms with Crippen molar-refractivity contribution in [3.63, 3.8) is 0 Å². The third-order valence-corrected chi connectivity index (χ3v) is 4.28. The molecule has 1 unspecified atom stereocenters. The Hall–Kier alpha value is -1.27. The summed E-state index contributed by atoms with van der Waals surface area (Å²) in [7, 11) is 1.58. The van der Waals surface area contributed by atoms with Crippen molar-refractivity contribution in [3.8, 4) is 5.75 Å². The van der Waals surface area contributed by atoms with Gasteiger partial charge in [-0.05, 0) is 44.4 Å². The first-order valence-corrected chi connectivity index (χ1v) is 9.80. The monoisotopic (exact) mass is 545 g/mol. The summed E-state index contributed by atoms with van der Waals surface area (Å²) in [6.45, 7) is 6.10. The molecule has 0 spiro atoms. The van der Waals surface area contributed by atoms with Crippen LogP contribution in [-0.2, 0) is 22.2 Å². The number of hydrogen-bond acceptors (Lipinski definition) is 4. The van der Waals surface area contributed by atoms with Gasteiger partial charge in [0.2, 0.25) is 0 Å². The van der Waals surface area contributed by atoms with Gasteiger partial charge in [-0.1, -0.05) is 6.07 Å². The number of rotatable bonds is 9. The van der Waals surface area contributed by atoms with Gasteiger partial charge in [0.15, 0.2) is 5.96 Å². The minimum atomic E-state index is -4.47. The maximum atomic E-state index is 13.4. The van der Waals surface area contributed by atoms with Crippen LogP contribution < -0.4 is 15.4 Å². The molecule has 172 valence electrons. The quantitative estimate of drug-likeness (QED) is 0.213. The molecule has 2 rings (SSSR count). The highest BCUT2D eigenvalue weighted by Crippen LogP contribution is 2.34. The Bertz CT molecular complexity index is 666. The highest BCUT2D eigenvalue weighted by molar-refractivity contribution is 14.0. The van der Waals surface area contributed by atoms with Gasteiger partial charge in [-0.25, -0.2) is 0 Å². The van der Waals surface area contributed by atoms with Crippen LogP contribution >= 0.6 is 24.0 Å². The van der Waals surface area contributed by atoms with E-state index in [4.69, 9.17) is 14.2 Å². The molecule has 30 heavy (non-hydrogen) atoms. The fourth-order valence-corrected chi connectivity index (χ4v) is 2.89. The first kappa shape index (κ1) is 26.8. The van der Waals surface area contributed by atoms with Crippen LogP contribution in [0.1, 0.15) is 37.8 Å². The minimum Gasteiger partial charge on any atom is -0.491 e. The van der Waals surface area contributed by atoms with E-state index in [1.807, 2.05) is 0 Å². The van der Waals surface area contributed by atoms with E-state index < -0.39 is 11.7 Å². The van der Waals surface area contributed by atoms with Crippen LogP contribution in [0.2, 0.25) is 0 Å². The molecular formula is C20H31F3IN3O3. The number of nitrogens with zero attached hydrogens (tertiary/aromatic N) is 1. The molecule has 0 aliphatic carbocycles. The highest BCUT2D eigenvalue weighted by atomic mass is 127. The van der Waals surface area contributed by atoms with Crippen molar-refractivity contribution in [1.82, 2.24) is 10.6 Å². The Morgan fingerprint density at radius 2 is 2.07 bits per heavy atom. The number of aliphatic imine (C=N–C) groups is 1. The van der Waals surface area contributed by atoms with Crippen LogP contribution in [-0.4, -0.2) is 51.6 Å². The smallest absolute Gasteiger partial charge is 0.416 e. The normalized spacial score (nSPS) is 17.0. The van der Waals surface area contributed by atoms with Gasteiger partial charge in [0.25, 0.3) is 0 Å². The zero-order chi connectivity index (χ0) is 21.3. The fraction of sp³-hybridized carbons (Fsp3) is 0.650. The fourth-order valence-electron chi connectivity index (χ4n) is 2.89. The molecule has 0 amide bonds. The van der Waals surface area contributed by atoms with Crippen molar-refractivity contribution in [2.45, 2.75) is 51.6 Å². The summed E-state index contributed by atoms with van der Waals surface area (Å²) in [5.41, 5.74) is -0.591. The van der Waals surface area contributed by atoms with Gasteiger partial charge in [-0.3, -0.25) is 4.99 Å². The maximum Gasteiger partial charge on any atom is 0.416 e. The van der Waals surface area contributed by atoms with E-state index in [0.29, 0.717) is 25.7 Å². The topological polar surface area (TPSA) is 64.1 Å². The largest absolute Gasteiger partial charge is 0.491 e. The number of nitrogens with one attached hydrogen (secondary N) is 2. The second-order valence-corrected chi connectivity index (χ2v) is 7.05. The van der Waals surface area contributed by atoms with Crippen molar-refractivity contribution < 1.29 is 27.4 Å². The summed E-state index contributed by atoms with van der Waals surface area (Å²) in [4.78, 5) is 4.05. The standard InChI is InChI=1S/C20H30F3N3O3.HI/c1-14(2)29-16-6-5-15(18(11-16)20(21,22)23)12-26-19(24-3)25-8-4-9-28-17-7-10-27-13-17;/h5-6,11,14,17H,4,7-10,12-13H2,1-3H3,(H2,24,25,26);1H. The second-order valence-electron chi connectivity index (χ2n) is 7.05. The number of benzene rings is 1. The number of halogens is 4. The van der Waals surface area contributed by atoms with Crippen molar-refractivity contribution in [3.05, 3.63) is 29.3 Å². The van der Waals surface area contributed by atoms with Crippen LogP contribution in [0.4, 0.5) is 13.2 Å². The first-order valence-electron chi connectivity index (χ1n) is 9.80. The summed E-state index contributed by atoms with van der Waals surface area (Å²) in [5.74, 6) is 0.635. The molecular weight excluding hydrogens is 514 g/mol. The Morgan fingerprint density at radius 1 is 1.30 bits per heavy atom. The van der Waals surface area contributed by atoms with E-state index in [1.165, 1.54) is 6.07 Å². The Balaban J connectivity index is 0.00000450. The minimum absolute atomic E-state index is 0. The molecule has 0 radical (unpaired) electrons. The van der Waals surface area contributed by atoms with Crippen LogP contribution in [0.15, 0.2) is 23.2 Å². The van der Waals surface area contributed by atoms with Crippen LogP contribution in [0.5, 0.6) is 5.75 Å². The van der Waals surface area contributed by atoms with Gasteiger partial charge in [-0.15, -0.1) is 24.0 Å². The molecule has 1 saturated heterocycles. The molecule has 1 aromatic rings. The maximum absolute atomic E-state index is 13.4. The van der Waals surface area contributed by atoms with Gasteiger partial charge in [0.1, 0.15) is 5.75 Å².